The Balaban J connectivity index is 2.33. The van der Waals surface area contributed by atoms with Crippen LogP contribution in [0.1, 0.15) is 23.5 Å². The normalized spacial score (nSPS) is 18.5. The number of esters is 1. The molecule has 0 unspecified atom stereocenters. The van der Waals surface area contributed by atoms with Gasteiger partial charge in [0.1, 0.15) is 11.2 Å². The maximum absolute atomic E-state index is 11.8. The number of thiophene rings is 1. The molecule has 0 bridgehead atoms. The van der Waals surface area contributed by atoms with Crippen molar-refractivity contribution in [2.45, 2.75) is 19.4 Å². The number of Topliss-reactive ketones (excluding diaryl/α,β-unsaturated/α-hetero) is 1. The molecule has 1 aliphatic rings. The van der Waals surface area contributed by atoms with Gasteiger partial charge in [-0.05, 0) is 31.4 Å². The van der Waals surface area contributed by atoms with Crippen LogP contribution in [0.2, 0.25) is 0 Å². The van der Waals surface area contributed by atoms with Gasteiger partial charge in [0.2, 0.25) is 5.78 Å². The molecular formula is C11H10O3S. The quantitative estimate of drug-likeness (QED) is 0.437. The van der Waals surface area contributed by atoms with Crippen molar-refractivity contribution in [3.63, 3.8) is 0 Å². The Morgan fingerprint density at radius 2 is 2.20 bits per heavy atom. The van der Waals surface area contributed by atoms with Gasteiger partial charge in [-0.25, -0.2) is 4.79 Å². The first kappa shape index (κ1) is 10.1. The van der Waals surface area contributed by atoms with E-state index in [1.165, 1.54) is 11.3 Å². The fraction of sp³-hybridized carbons (Fsp3) is 0.273. The van der Waals surface area contributed by atoms with Crippen molar-refractivity contribution in [3.8, 4) is 0 Å². The van der Waals surface area contributed by atoms with E-state index in [0.717, 1.165) is 0 Å². The van der Waals surface area contributed by atoms with Gasteiger partial charge in [-0.3, -0.25) is 4.79 Å². The molecule has 78 valence electrons. The largest absolute Gasteiger partial charge is 0.452 e. The van der Waals surface area contributed by atoms with Crippen LogP contribution in [0.15, 0.2) is 29.2 Å². The van der Waals surface area contributed by atoms with E-state index in [9.17, 15) is 9.59 Å². The molecule has 0 saturated carbocycles. The summed E-state index contributed by atoms with van der Waals surface area (Å²) in [4.78, 5) is 23.8. The van der Waals surface area contributed by atoms with Crippen LogP contribution >= 0.6 is 11.3 Å². The summed E-state index contributed by atoms with van der Waals surface area (Å²) in [5.74, 6) is -0.779. The van der Waals surface area contributed by atoms with Crippen LogP contribution in [0, 0.1) is 0 Å². The molecule has 4 heteroatoms. The highest BCUT2D eigenvalue weighted by molar-refractivity contribution is 7.12. The van der Waals surface area contributed by atoms with Gasteiger partial charge >= 0.3 is 5.97 Å². The van der Waals surface area contributed by atoms with Gasteiger partial charge in [0.25, 0.3) is 0 Å². The molecule has 0 N–H and O–H groups in total. The topological polar surface area (TPSA) is 43.4 Å². The minimum atomic E-state index is -0.667. The lowest BCUT2D eigenvalue weighted by Crippen LogP contribution is -2.18. The van der Waals surface area contributed by atoms with Gasteiger partial charge in [-0.1, -0.05) is 6.07 Å². The zero-order valence-electron chi connectivity index (χ0n) is 8.44. The Labute approximate surface area is 91.4 Å². The maximum Gasteiger partial charge on any atom is 0.342 e. The number of ether oxygens (including phenoxy) is 1. The first-order valence-corrected chi connectivity index (χ1v) is 5.42. The molecule has 0 spiro atoms. The first-order valence-electron chi connectivity index (χ1n) is 4.54. The Morgan fingerprint density at radius 1 is 1.47 bits per heavy atom. The number of carbonyl (C=O) groups excluding carboxylic acids is 2. The fourth-order valence-corrected chi connectivity index (χ4v) is 2.11. The van der Waals surface area contributed by atoms with Gasteiger partial charge < -0.3 is 4.74 Å². The second-order valence-electron chi connectivity index (χ2n) is 3.86. The highest BCUT2D eigenvalue weighted by Crippen LogP contribution is 2.27. The van der Waals surface area contributed by atoms with Gasteiger partial charge in [-0.2, -0.15) is 0 Å². The molecule has 1 aromatic heterocycles. The summed E-state index contributed by atoms with van der Waals surface area (Å²) < 4.78 is 5.03. The number of carbonyl (C=O) groups is 2. The number of cyclic esters (lactones) is 1. The fourth-order valence-electron chi connectivity index (χ4n) is 1.43. The van der Waals surface area contributed by atoms with Crippen LogP contribution in [-0.2, 0) is 9.53 Å². The molecule has 0 radical (unpaired) electrons. The lowest BCUT2D eigenvalue weighted by Gasteiger charge is -2.12. The highest BCUT2D eigenvalue weighted by Gasteiger charge is 2.35. The summed E-state index contributed by atoms with van der Waals surface area (Å²) >= 11 is 1.32. The summed E-state index contributed by atoms with van der Waals surface area (Å²) in [5, 5.41) is 1.80. The smallest absolute Gasteiger partial charge is 0.342 e. The molecule has 0 fully saturated rings. The summed E-state index contributed by atoms with van der Waals surface area (Å²) in [6.45, 7) is 3.50. The molecule has 1 aliphatic heterocycles. The molecule has 2 rings (SSSR count). The standard InChI is InChI=1S/C11H10O3S/c1-11(2)6-7(10(13)14-11)9(12)8-4-3-5-15-8/h3-6H,1-2H3. The van der Waals surface area contributed by atoms with E-state index in [2.05, 4.69) is 0 Å². The summed E-state index contributed by atoms with van der Waals surface area (Å²) in [7, 11) is 0. The number of hydrogen-bond acceptors (Lipinski definition) is 4. The lowest BCUT2D eigenvalue weighted by atomic mass is 10.1. The monoisotopic (exact) mass is 222 g/mol. The van der Waals surface area contributed by atoms with Crippen molar-refractivity contribution >= 4 is 23.1 Å². The summed E-state index contributed by atoms with van der Waals surface area (Å²) in [6.07, 6.45) is 1.58. The number of hydrogen-bond donors (Lipinski definition) is 0. The van der Waals surface area contributed by atoms with Crippen LogP contribution in [0.25, 0.3) is 0 Å². The molecule has 1 aromatic rings. The van der Waals surface area contributed by atoms with Crippen LogP contribution in [0.4, 0.5) is 0 Å². The van der Waals surface area contributed by atoms with Gasteiger partial charge in [0.05, 0.1) is 4.88 Å². The van der Waals surface area contributed by atoms with E-state index >= 15 is 0 Å². The first-order chi connectivity index (χ1) is 6.99. The average Bonchev–Trinajstić information content (AvgIpc) is 2.71. The molecule has 0 amide bonds. The van der Waals surface area contributed by atoms with Crippen LogP contribution in [0.3, 0.4) is 0 Å². The minimum Gasteiger partial charge on any atom is -0.452 e. The Hall–Kier alpha value is -1.42. The molecule has 2 heterocycles. The van der Waals surface area contributed by atoms with Crippen molar-refractivity contribution in [1.82, 2.24) is 0 Å². The second-order valence-corrected chi connectivity index (χ2v) is 4.81. The molecule has 0 aliphatic carbocycles. The van der Waals surface area contributed by atoms with E-state index < -0.39 is 11.6 Å². The van der Waals surface area contributed by atoms with E-state index in [0.29, 0.717) is 4.88 Å². The zero-order valence-corrected chi connectivity index (χ0v) is 9.26. The summed E-state index contributed by atoms with van der Waals surface area (Å²) in [5.41, 5.74) is -0.526. The van der Waals surface area contributed by atoms with E-state index in [-0.39, 0.29) is 11.4 Å². The predicted molar refractivity (Wildman–Crippen MR) is 56.9 cm³/mol. The lowest BCUT2D eigenvalue weighted by molar-refractivity contribution is -0.143. The van der Waals surface area contributed by atoms with Crippen LogP contribution in [0.5, 0.6) is 0 Å². The minimum absolute atomic E-state index is 0.141. The SMILES string of the molecule is CC1(C)C=C(C(=O)c2cccs2)C(=O)O1. The molecule has 3 nitrogen and oxygen atoms in total. The molecular weight excluding hydrogens is 212 g/mol. The second kappa shape index (κ2) is 3.31. The Kier molecular flexibility index (Phi) is 2.23. The highest BCUT2D eigenvalue weighted by atomic mass is 32.1. The molecule has 0 aromatic carbocycles. The third-order valence-electron chi connectivity index (χ3n) is 2.06. The van der Waals surface area contributed by atoms with Crippen molar-refractivity contribution in [2.75, 3.05) is 0 Å². The van der Waals surface area contributed by atoms with Gasteiger partial charge in [0, 0.05) is 0 Å². The van der Waals surface area contributed by atoms with Crippen molar-refractivity contribution in [3.05, 3.63) is 34.0 Å². The third-order valence-corrected chi connectivity index (χ3v) is 2.93. The van der Waals surface area contributed by atoms with Crippen molar-refractivity contribution < 1.29 is 14.3 Å². The third kappa shape index (κ3) is 1.85. The van der Waals surface area contributed by atoms with E-state index in [1.54, 1.807) is 37.4 Å². The summed E-state index contributed by atoms with van der Waals surface area (Å²) in [6, 6.07) is 3.48. The Bertz CT molecular complexity index is 440. The predicted octanol–water partition coefficient (Wildman–Crippen LogP) is 2.19. The van der Waals surface area contributed by atoms with Gasteiger partial charge in [0.15, 0.2) is 0 Å². The Morgan fingerprint density at radius 3 is 2.67 bits per heavy atom. The average molecular weight is 222 g/mol. The van der Waals surface area contributed by atoms with E-state index in [1.807, 2.05) is 0 Å². The van der Waals surface area contributed by atoms with Crippen molar-refractivity contribution in [2.24, 2.45) is 0 Å². The van der Waals surface area contributed by atoms with Crippen LogP contribution in [-0.4, -0.2) is 17.4 Å². The number of ketones is 1. The molecule has 15 heavy (non-hydrogen) atoms. The molecule has 0 saturated heterocycles. The van der Waals surface area contributed by atoms with Crippen LogP contribution < -0.4 is 0 Å². The van der Waals surface area contributed by atoms with Gasteiger partial charge in [-0.15, -0.1) is 11.3 Å². The van der Waals surface area contributed by atoms with Crippen molar-refractivity contribution in [1.29, 1.82) is 0 Å². The zero-order chi connectivity index (χ0) is 11.1. The molecule has 0 atom stereocenters. The van der Waals surface area contributed by atoms with E-state index in [4.69, 9.17) is 4.74 Å². The number of rotatable bonds is 2. The maximum atomic E-state index is 11.8.